The van der Waals surface area contributed by atoms with Crippen LogP contribution in [0.25, 0.3) is 5.57 Å². The molecule has 0 aromatic heterocycles. The Morgan fingerprint density at radius 2 is 2.20 bits per heavy atom. The SMILES string of the molecule is CC[C@@]12CCC3=C(CCc4c[c]ccc43)[C@@H]1CCC2=O. The first-order chi connectivity index (χ1) is 9.76. The van der Waals surface area contributed by atoms with Gasteiger partial charge in [0, 0.05) is 11.8 Å². The third-order valence-electron chi connectivity index (χ3n) is 6.08. The largest absolute Gasteiger partial charge is 0.299 e. The van der Waals surface area contributed by atoms with Crippen molar-refractivity contribution in [1.82, 2.24) is 0 Å². The molecule has 1 radical (unpaired) electrons. The van der Waals surface area contributed by atoms with E-state index < -0.39 is 0 Å². The monoisotopic (exact) mass is 265 g/mol. The second-order valence-corrected chi connectivity index (χ2v) is 6.61. The van der Waals surface area contributed by atoms with Gasteiger partial charge < -0.3 is 0 Å². The minimum Gasteiger partial charge on any atom is -0.299 e. The molecule has 0 bridgehead atoms. The molecule has 4 rings (SSSR count). The highest BCUT2D eigenvalue weighted by molar-refractivity contribution is 5.90. The lowest BCUT2D eigenvalue weighted by Crippen LogP contribution is -2.36. The number of hydrogen-bond acceptors (Lipinski definition) is 1. The van der Waals surface area contributed by atoms with E-state index in [0.717, 1.165) is 38.5 Å². The zero-order valence-electron chi connectivity index (χ0n) is 12.2. The van der Waals surface area contributed by atoms with E-state index in [2.05, 4.69) is 25.1 Å². The van der Waals surface area contributed by atoms with E-state index >= 15 is 0 Å². The number of fused-ring (bicyclic) bond motifs is 4. The molecule has 1 saturated carbocycles. The molecule has 1 heteroatoms. The van der Waals surface area contributed by atoms with Crippen LogP contribution in [0, 0.1) is 17.4 Å². The normalized spacial score (nSPS) is 31.9. The third-order valence-corrected chi connectivity index (χ3v) is 6.08. The van der Waals surface area contributed by atoms with Crippen LogP contribution in [0.3, 0.4) is 0 Å². The number of aryl methyl sites for hydroxylation is 1. The average Bonchev–Trinajstić information content (AvgIpc) is 2.85. The minimum atomic E-state index is -0.00274. The first-order valence-corrected chi connectivity index (χ1v) is 8.01. The fourth-order valence-electron chi connectivity index (χ4n) is 5.02. The van der Waals surface area contributed by atoms with Crippen molar-refractivity contribution >= 4 is 11.4 Å². The number of hydrogen-bond donors (Lipinski definition) is 0. The van der Waals surface area contributed by atoms with Crippen molar-refractivity contribution in [2.24, 2.45) is 11.3 Å². The molecule has 3 aliphatic carbocycles. The quantitative estimate of drug-likeness (QED) is 0.737. The van der Waals surface area contributed by atoms with Crippen LogP contribution >= 0.6 is 0 Å². The Labute approximate surface area is 121 Å². The van der Waals surface area contributed by atoms with E-state index in [9.17, 15) is 4.79 Å². The maximum atomic E-state index is 12.5. The second kappa shape index (κ2) is 4.31. The lowest BCUT2D eigenvalue weighted by Gasteiger charge is -2.42. The fourth-order valence-corrected chi connectivity index (χ4v) is 5.02. The van der Waals surface area contributed by atoms with Gasteiger partial charge >= 0.3 is 0 Å². The van der Waals surface area contributed by atoms with Gasteiger partial charge in [0.25, 0.3) is 0 Å². The van der Waals surface area contributed by atoms with Crippen LogP contribution in [0.1, 0.15) is 56.6 Å². The van der Waals surface area contributed by atoms with Crippen molar-refractivity contribution < 1.29 is 4.79 Å². The Hall–Kier alpha value is -1.37. The van der Waals surface area contributed by atoms with Gasteiger partial charge in [-0.05, 0) is 67.2 Å². The Morgan fingerprint density at radius 1 is 1.30 bits per heavy atom. The Bertz CT molecular complexity index is 610. The van der Waals surface area contributed by atoms with Gasteiger partial charge in [0.05, 0.1) is 0 Å². The average molecular weight is 265 g/mol. The fraction of sp³-hybridized carbons (Fsp3) is 0.526. The van der Waals surface area contributed by atoms with Gasteiger partial charge in [-0.3, -0.25) is 4.79 Å². The standard InChI is InChI=1S/C19H21O/c1-2-19-12-11-15-14-6-4-3-5-13(14)7-8-16(15)17(19)9-10-18(19)20/h4-6,17H,2,7-12H2,1H3/t17-,19+/m0/s1. The second-order valence-electron chi connectivity index (χ2n) is 6.61. The summed E-state index contributed by atoms with van der Waals surface area (Å²) >= 11 is 0. The van der Waals surface area contributed by atoms with Crippen molar-refractivity contribution in [2.75, 3.05) is 0 Å². The lowest BCUT2D eigenvalue weighted by molar-refractivity contribution is -0.127. The summed E-state index contributed by atoms with van der Waals surface area (Å²) in [6.07, 6.45) is 7.41. The van der Waals surface area contributed by atoms with Crippen molar-refractivity contribution in [3.8, 4) is 0 Å². The van der Waals surface area contributed by atoms with Crippen molar-refractivity contribution in [2.45, 2.75) is 51.9 Å². The van der Waals surface area contributed by atoms with E-state index in [1.807, 2.05) is 6.07 Å². The minimum absolute atomic E-state index is 0.00274. The molecular formula is C19H21O. The molecular weight excluding hydrogens is 244 g/mol. The maximum Gasteiger partial charge on any atom is 0.139 e. The predicted molar refractivity (Wildman–Crippen MR) is 80.2 cm³/mol. The summed E-state index contributed by atoms with van der Waals surface area (Å²) in [7, 11) is 0. The third kappa shape index (κ3) is 1.47. The molecule has 0 N–H and O–H groups in total. The zero-order valence-corrected chi connectivity index (χ0v) is 12.2. The highest BCUT2D eigenvalue weighted by Crippen LogP contribution is 2.57. The van der Waals surface area contributed by atoms with Gasteiger partial charge in [-0.15, -0.1) is 0 Å². The Balaban J connectivity index is 1.85. The number of benzene rings is 1. The molecule has 0 saturated heterocycles. The number of allylic oxidation sites excluding steroid dienone is 2. The highest BCUT2D eigenvalue weighted by Gasteiger charge is 2.52. The topological polar surface area (TPSA) is 17.1 Å². The summed E-state index contributed by atoms with van der Waals surface area (Å²) < 4.78 is 0. The van der Waals surface area contributed by atoms with Gasteiger partial charge in [0.1, 0.15) is 5.78 Å². The summed E-state index contributed by atoms with van der Waals surface area (Å²) in [6, 6.07) is 9.64. The van der Waals surface area contributed by atoms with Crippen molar-refractivity contribution in [1.29, 1.82) is 0 Å². The van der Waals surface area contributed by atoms with Gasteiger partial charge in [0.15, 0.2) is 0 Å². The van der Waals surface area contributed by atoms with Crippen molar-refractivity contribution in [3.63, 3.8) is 0 Å². The van der Waals surface area contributed by atoms with Crippen LogP contribution in [0.15, 0.2) is 23.8 Å². The van der Waals surface area contributed by atoms with Gasteiger partial charge in [-0.1, -0.05) is 30.7 Å². The zero-order chi connectivity index (χ0) is 13.7. The molecule has 1 nitrogen and oxygen atoms in total. The van der Waals surface area contributed by atoms with Crippen LogP contribution in [0.5, 0.6) is 0 Å². The predicted octanol–water partition coefficient (Wildman–Crippen LogP) is 4.36. The maximum absolute atomic E-state index is 12.5. The lowest BCUT2D eigenvalue weighted by atomic mass is 9.61. The molecule has 1 fully saturated rings. The number of rotatable bonds is 1. The first-order valence-electron chi connectivity index (χ1n) is 8.01. The van der Waals surface area contributed by atoms with Crippen molar-refractivity contribution in [3.05, 3.63) is 41.0 Å². The van der Waals surface area contributed by atoms with E-state index in [1.54, 1.807) is 11.1 Å². The molecule has 2 atom stereocenters. The van der Waals surface area contributed by atoms with Gasteiger partial charge in [-0.25, -0.2) is 0 Å². The van der Waals surface area contributed by atoms with Crippen LogP contribution in [-0.4, -0.2) is 5.78 Å². The van der Waals surface area contributed by atoms with Crippen LogP contribution in [0.4, 0.5) is 0 Å². The molecule has 0 aliphatic heterocycles. The Kier molecular flexibility index (Phi) is 2.67. The van der Waals surface area contributed by atoms with Crippen LogP contribution in [-0.2, 0) is 11.2 Å². The summed E-state index contributed by atoms with van der Waals surface area (Å²) in [5.41, 5.74) is 6.11. The van der Waals surface area contributed by atoms with Crippen LogP contribution < -0.4 is 0 Å². The summed E-state index contributed by atoms with van der Waals surface area (Å²) in [6.45, 7) is 2.22. The molecule has 1 aromatic rings. The molecule has 0 amide bonds. The summed E-state index contributed by atoms with van der Waals surface area (Å²) in [4.78, 5) is 12.5. The number of carbonyl (C=O) groups excluding carboxylic acids is 1. The highest BCUT2D eigenvalue weighted by atomic mass is 16.1. The number of Topliss-reactive ketones (excluding diaryl/α,β-unsaturated/α-hetero) is 1. The molecule has 1 aromatic carbocycles. The summed E-state index contributed by atoms with van der Waals surface area (Å²) in [5.74, 6) is 1.09. The number of carbonyl (C=O) groups is 1. The molecule has 0 unspecified atom stereocenters. The smallest absolute Gasteiger partial charge is 0.139 e. The molecule has 0 heterocycles. The van der Waals surface area contributed by atoms with Gasteiger partial charge in [-0.2, -0.15) is 0 Å². The Morgan fingerprint density at radius 3 is 3.05 bits per heavy atom. The molecule has 103 valence electrons. The summed E-state index contributed by atoms with van der Waals surface area (Å²) in [5, 5.41) is 0. The molecule has 3 aliphatic rings. The van der Waals surface area contributed by atoms with E-state index in [0.29, 0.717) is 11.7 Å². The number of ketones is 1. The van der Waals surface area contributed by atoms with E-state index in [1.165, 1.54) is 17.5 Å². The first kappa shape index (κ1) is 12.4. The van der Waals surface area contributed by atoms with E-state index in [4.69, 9.17) is 0 Å². The van der Waals surface area contributed by atoms with E-state index in [-0.39, 0.29) is 5.41 Å². The van der Waals surface area contributed by atoms with Gasteiger partial charge in [0.2, 0.25) is 0 Å². The van der Waals surface area contributed by atoms with Crippen LogP contribution in [0.2, 0.25) is 0 Å². The molecule has 0 spiro atoms. The molecule has 20 heavy (non-hydrogen) atoms.